The zero-order chi connectivity index (χ0) is 29.0. The van der Waals surface area contributed by atoms with Crippen molar-refractivity contribution in [2.24, 2.45) is 13.0 Å². The largest absolute Gasteiger partial charge is 1.00 e. The molecule has 0 saturated heterocycles. The van der Waals surface area contributed by atoms with E-state index in [1.165, 1.54) is 17.5 Å². The second kappa shape index (κ2) is 19.3. The van der Waals surface area contributed by atoms with Crippen LogP contribution in [0.1, 0.15) is 66.6 Å². The van der Waals surface area contributed by atoms with Crippen LogP contribution in [0, 0.1) is 50.5 Å². The van der Waals surface area contributed by atoms with Gasteiger partial charge < -0.3 is 39.0 Å². The fourth-order valence-corrected chi connectivity index (χ4v) is 4.16. The summed E-state index contributed by atoms with van der Waals surface area (Å²) in [5.41, 5.74) is 2.48. The van der Waals surface area contributed by atoms with Crippen molar-refractivity contribution in [3.63, 3.8) is 0 Å². The minimum atomic E-state index is -2.51. The van der Waals surface area contributed by atoms with Gasteiger partial charge in [-0.05, 0) is 25.3 Å². The number of unbranched alkanes of at least 4 members (excludes halogenated alkanes) is 4. The molecule has 2 heterocycles. The van der Waals surface area contributed by atoms with E-state index in [1.54, 1.807) is 6.07 Å². The molecule has 1 aliphatic rings. The van der Waals surface area contributed by atoms with Crippen LogP contribution in [-0.2, 0) is 23.1 Å². The van der Waals surface area contributed by atoms with E-state index in [0.29, 0.717) is 28.6 Å². The molecule has 2 aromatic rings. The third kappa shape index (κ3) is 12.1. The molecule has 0 aliphatic heterocycles. The fourth-order valence-electron chi connectivity index (χ4n) is 4.16. The van der Waals surface area contributed by atoms with Crippen LogP contribution in [0.3, 0.4) is 0 Å². The molecule has 0 aromatic carbocycles. The first-order chi connectivity index (χ1) is 18.5. The van der Waals surface area contributed by atoms with Crippen LogP contribution in [0.5, 0.6) is 0 Å². The van der Waals surface area contributed by atoms with Crippen LogP contribution >= 0.6 is 0 Å². The van der Waals surface area contributed by atoms with E-state index >= 15 is 0 Å². The van der Waals surface area contributed by atoms with Crippen molar-refractivity contribution in [1.82, 2.24) is 19.8 Å². The maximum absolute atomic E-state index is 13.0. The molecule has 3 rings (SSSR count). The summed E-state index contributed by atoms with van der Waals surface area (Å²) in [5.74, 6) is 2.02. The monoisotopic (exact) mass is 688 g/mol. The SMILES string of the molecule is O=[C-]NCC(=O)O.[CH2-]CN([CH2-])C(=O)c1c(CCCCCCC#CC2CC(F)(F)C2)n(C)c2ncc(C#N)cc12.[CH3-].[Cs+]. The summed E-state index contributed by atoms with van der Waals surface area (Å²) in [7, 11) is 5.65. The summed E-state index contributed by atoms with van der Waals surface area (Å²) in [4.78, 5) is 37.4. The quantitative estimate of drug-likeness (QED) is 0.158. The van der Waals surface area contributed by atoms with Crippen molar-refractivity contribution in [2.75, 3.05) is 13.1 Å². The first-order valence-corrected chi connectivity index (χ1v) is 12.5. The number of pyridine rings is 1. The van der Waals surface area contributed by atoms with E-state index in [2.05, 4.69) is 36.9 Å². The number of halogens is 2. The molecule has 0 atom stereocenters. The summed E-state index contributed by atoms with van der Waals surface area (Å²) in [6, 6.07) is 3.78. The number of alkyl halides is 2. The topological polar surface area (TPSA) is 128 Å². The minimum absolute atomic E-state index is 0. The summed E-state index contributed by atoms with van der Waals surface area (Å²) in [5, 5.41) is 19.5. The number of aryl methyl sites for hydroxylation is 1. The van der Waals surface area contributed by atoms with E-state index in [4.69, 9.17) is 5.11 Å². The predicted molar refractivity (Wildman–Crippen MR) is 147 cm³/mol. The standard InChI is InChI=1S/C25H28F2N4O.C3H4NO3.CH3.Cs/c1-4-30(2)24(32)22-20-13-19(16-28)17-29-23(20)31(3)21(22)12-10-8-6-5-7-9-11-18-14-25(26,27)15-18;5-2-4-1-3(6)7;;/h13,17-18H,1-2,4-8,10,12,14-15H2,3H3;1H2,(H,4,5)(H,6,7);1H3;/q-2;2*-1;+1. The van der Waals surface area contributed by atoms with Crippen molar-refractivity contribution < 1.29 is 97.2 Å². The molecular formula is C29H35CsF2N5O4-3. The van der Waals surface area contributed by atoms with Gasteiger partial charge in [-0.15, -0.1) is 12.5 Å². The Morgan fingerprint density at radius 2 is 1.98 bits per heavy atom. The summed E-state index contributed by atoms with van der Waals surface area (Å²) < 4.78 is 27.5. The van der Waals surface area contributed by atoms with E-state index < -0.39 is 11.9 Å². The Balaban J connectivity index is 0.00000158. The minimum Gasteiger partial charge on any atom is -0.521 e. The summed E-state index contributed by atoms with van der Waals surface area (Å²) >= 11 is 0. The van der Waals surface area contributed by atoms with Gasteiger partial charge in [-0.1, -0.05) is 18.8 Å². The Morgan fingerprint density at radius 3 is 2.51 bits per heavy atom. The molecule has 2 N–H and O–H groups in total. The van der Waals surface area contributed by atoms with Gasteiger partial charge >= 0.3 is 74.9 Å². The van der Waals surface area contributed by atoms with Crippen LogP contribution in [0.4, 0.5) is 8.78 Å². The molecule has 1 aliphatic carbocycles. The van der Waals surface area contributed by atoms with Crippen molar-refractivity contribution in [2.45, 2.75) is 57.3 Å². The first-order valence-electron chi connectivity index (χ1n) is 12.5. The second-order valence-corrected chi connectivity index (χ2v) is 9.20. The normalized spacial score (nSPS) is 13.0. The van der Waals surface area contributed by atoms with Crippen molar-refractivity contribution >= 4 is 29.3 Å². The van der Waals surface area contributed by atoms with Crippen molar-refractivity contribution in [1.29, 1.82) is 5.26 Å². The average Bonchev–Trinajstić information content (AvgIpc) is 3.17. The summed E-state index contributed by atoms with van der Waals surface area (Å²) in [6.07, 6.45) is 7.72. The Hall–Kier alpha value is -1.94. The van der Waals surface area contributed by atoms with Crippen molar-refractivity contribution in [3.05, 3.63) is 50.5 Å². The molecule has 0 bridgehead atoms. The van der Waals surface area contributed by atoms with Gasteiger partial charge in [-0.2, -0.15) is 11.7 Å². The van der Waals surface area contributed by atoms with E-state index in [-0.39, 0.29) is 114 Å². The Labute approximate surface area is 299 Å². The first kappa shape index (κ1) is 39.1. The molecule has 1 fully saturated rings. The number of hydrogen-bond acceptors (Lipinski definition) is 5. The maximum Gasteiger partial charge on any atom is 1.00 e. The van der Waals surface area contributed by atoms with E-state index in [0.717, 1.165) is 37.8 Å². The maximum atomic E-state index is 13.0. The Kier molecular flexibility index (Phi) is 18.4. The average molecular weight is 689 g/mol. The van der Waals surface area contributed by atoms with Gasteiger partial charge in [-0.3, -0.25) is 16.6 Å². The number of nitrogens with one attached hydrogen (secondary N) is 1. The third-order valence-corrected chi connectivity index (χ3v) is 6.22. The van der Waals surface area contributed by atoms with Gasteiger partial charge in [0.25, 0.3) is 5.92 Å². The molecule has 0 spiro atoms. The molecular weight excluding hydrogens is 653 g/mol. The van der Waals surface area contributed by atoms with Crippen molar-refractivity contribution in [3.8, 4) is 17.9 Å². The van der Waals surface area contributed by atoms with Gasteiger partial charge in [0.2, 0.25) is 5.91 Å². The third-order valence-electron chi connectivity index (χ3n) is 6.22. The second-order valence-electron chi connectivity index (χ2n) is 9.20. The number of aliphatic carboxylic acids is 1. The molecule has 2 aromatic heterocycles. The molecule has 12 heteroatoms. The number of carboxylic acids is 1. The Bertz CT molecular complexity index is 1270. The smallest absolute Gasteiger partial charge is 0.521 e. The van der Waals surface area contributed by atoms with Crippen LogP contribution in [0.25, 0.3) is 11.0 Å². The van der Waals surface area contributed by atoms with Crippen LogP contribution in [-0.4, -0.2) is 56.9 Å². The number of rotatable bonds is 11. The van der Waals surface area contributed by atoms with E-state index in [1.807, 2.05) is 16.9 Å². The Morgan fingerprint density at radius 1 is 1.32 bits per heavy atom. The van der Waals surface area contributed by atoms with Gasteiger partial charge in [0.15, 0.2) is 0 Å². The molecule has 1 saturated carbocycles. The molecule has 9 nitrogen and oxygen atoms in total. The molecule has 218 valence electrons. The van der Waals surface area contributed by atoms with Gasteiger partial charge in [-0.25, -0.2) is 13.8 Å². The number of carbonyl (C=O) groups excluding carboxylic acids is 2. The molecule has 41 heavy (non-hydrogen) atoms. The number of nitriles is 1. The van der Waals surface area contributed by atoms with Crippen LogP contribution < -0.4 is 74.2 Å². The van der Waals surface area contributed by atoms with Crippen LogP contribution in [0.15, 0.2) is 12.3 Å². The molecule has 0 radical (unpaired) electrons. The molecule has 2 amide bonds. The van der Waals surface area contributed by atoms with Gasteiger partial charge in [0, 0.05) is 49.5 Å². The van der Waals surface area contributed by atoms with Gasteiger partial charge in [0.05, 0.1) is 17.7 Å². The zero-order valence-corrected chi connectivity index (χ0v) is 30.2. The number of fused-ring (bicyclic) bond motifs is 1. The van der Waals surface area contributed by atoms with Crippen LogP contribution in [0.2, 0.25) is 0 Å². The number of aromatic nitrogens is 2. The molecule has 0 unspecified atom stereocenters. The fraction of sp³-hybridized carbons (Fsp3) is 0.448. The number of nitrogens with zero attached hydrogens (tertiary/aromatic N) is 4. The predicted octanol–water partition coefficient (Wildman–Crippen LogP) is 1.24. The van der Waals surface area contributed by atoms with E-state index in [9.17, 15) is 28.4 Å². The number of hydrogen-bond donors (Lipinski definition) is 2. The summed E-state index contributed by atoms with van der Waals surface area (Å²) in [6.45, 7) is 3.62. The zero-order valence-electron chi connectivity index (χ0n) is 23.9. The van der Waals surface area contributed by atoms with Gasteiger partial charge in [0.1, 0.15) is 11.7 Å². The number of amides is 2. The number of carboxylic acid groups (broad SMARTS) is 1. The number of carbonyl (C=O) groups is 2.